The molecule has 0 aliphatic heterocycles. The lowest BCUT2D eigenvalue weighted by atomic mass is 9.92. The molecule has 7 aromatic carbocycles. The smallest absolute Gasteiger partial charge is 0.188 e. The third kappa shape index (κ3) is 4.07. The average Bonchev–Trinajstić information content (AvgIpc) is 3.67. The number of rotatable bonds is 4. The summed E-state index contributed by atoms with van der Waals surface area (Å²) < 4.78 is 4.51. The lowest BCUT2D eigenvalue weighted by Crippen LogP contribution is -2.03. The SMILES string of the molecule is [C-]#[N+]c1ccc2c(c1)c1ccccc1n2-c1cc(-c2ccccc2)cc(-c2ccccc2-n2c3ccccc3c3ccccc32)c1C#N. The molecular formula is C44H26N4. The molecule has 0 saturated carbocycles. The molecule has 9 aromatic rings. The van der Waals surface area contributed by atoms with Crippen LogP contribution in [0.3, 0.4) is 0 Å². The minimum absolute atomic E-state index is 0.583. The first-order chi connectivity index (χ1) is 23.7. The van der Waals surface area contributed by atoms with Crippen LogP contribution in [-0.2, 0) is 0 Å². The Hall–Kier alpha value is -6.88. The number of hydrogen-bond acceptors (Lipinski definition) is 1. The summed E-state index contributed by atoms with van der Waals surface area (Å²) in [5.41, 5.74) is 11.0. The van der Waals surface area contributed by atoms with Gasteiger partial charge in [0.15, 0.2) is 5.69 Å². The molecule has 4 heteroatoms. The lowest BCUT2D eigenvalue weighted by Gasteiger charge is -2.19. The first-order valence-corrected chi connectivity index (χ1v) is 15.9. The molecule has 9 rings (SSSR count). The van der Waals surface area contributed by atoms with Crippen molar-refractivity contribution < 1.29 is 0 Å². The van der Waals surface area contributed by atoms with Gasteiger partial charge in [0, 0.05) is 27.3 Å². The van der Waals surface area contributed by atoms with Gasteiger partial charge in [-0.15, -0.1) is 0 Å². The lowest BCUT2D eigenvalue weighted by molar-refractivity contribution is 1.16. The van der Waals surface area contributed by atoms with E-state index in [4.69, 9.17) is 6.57 Å². The maximum atomic E-state index is 11.1. The summed E-state index contributed by atoms with van der Waals surface area (Å²) in [5.74, 6) is 0. The van der Waals surface area contributed by atoms with E-state index in [2.05, 4.69) is 129 Å². The van der Waals surface area contributed by atoms with Crippen LogP contribution in [0.1, 0.15) is 5.56 Å². The largest absolute Gasteiger partial charge is 0.309 e. The van der Waals surface area contributed by atoms with Crippen LogP contribution >= 0.6 is 0 Å². The summed E-state index contributed by atoms with van der Waals surface area (Å²) in [4.78, 5) is 3.71. The predicted octanol–water partition coefficient (Wildman–Crippen LogP) is 11.6. The van der Waals surface area contributed by atoms with Gasteiger partial charge in [0.05, 0.1) is 45.6 Å². The molecule has 2 heterocycles. The fraction of sp³-hybridized carbons (Fsp3) is 0. The van der Waals surface area contributed by atoms with Crippen molar-refractivity contribution in [2.75, 3.05) is 0 Å². The first-order valence-electron chi connectivity index (χ1n) is 15.9. The number of fused-ring (bicyclic) bond motifs is 6. The van der Waals surface area contributed by atoms with Crippen LogP contribution in [0.4, 0.5) is 5.69 Å². The maximum absolute atomic E-state index is 11.1. The molecule has 0 aliphatic rings. The van der Waals surface area contributed by atoms with E-state index >= 15 is 0 Å². The number of nitrogens with zero attached hydrogens (tertiary/aromatic N) is 4. The Bertz CT molecular complexity index is 2750. The van der Waals surface area contributed by atoms with Gasteiger partial charge in [0.2, 0.25) is 0 Å². The van der Waals surface area contributed by atoms with Crippen LogP contribution in [0.15, 0.2) is 158 Å². The third-order valence-electron chi connectivity index (χ3n) is 9.38. The second-order valence-corrected chi connectivity index (χ2v) is 11.9. The quantitative estimate of drug-likeness (QED) is 0.183. The van der Waals surface area contributed by atoms with E-state index in [0.29, 0.717) is 11.3 Å². The number of para-hydroxylation sites is 4. The summed E-state index contributed by atoms with van der Waals surface area (Å²) in [6.45, 7) is 7.66. The van der Waals surface area contributed by atoms with Crippen LogP contribution in [0.5, 0.6) is 0 Å². The van der Waals surface area contributed by atoms with Gasteiger partial charge < -0.3 is 9.13 Å². The molecular weight excluding hydrogens is 585 g/mol. The standard InChI is InChI=1S/C44H26N4/c1-46-31-23-24-43-37(27-31)35-18-8-12-22-42(35)48(43)44-26-30(29-13-3-2-4-14-29)25-36(38(44)28-45)34-17-7-11-21-41(34)47-39-19-9-5-15-32(39)33-16-6-10-20-40(33)47/h2-27H. The van der Waals surface area contributed by atoms with E-state index in [-0.39, 0.29) is 0 Å². The molecule has 4 nitrogen and oxygen atoms in total. The van der Waals surface area contributed by atoms with Crippen LogP contribution in [-0.4, -0.2) is 9.13 Å². The van der Waals surface area contributed by atoms with E-state index in [1.807, 2.05) is 48.5 Å². The Balaban J connectivity index is 1.41. The Morgan fingerprint density at radius 1 is 0.458 bits per heavy atom. The van der Waals surface area contributed by atoms with Crippen LogP contribution in [0.2, 0.25) is 0 Å². The molecule has 0 atom stereocenters. The predicted molar refractivity (Wildman–Crippen MR) is 197 cm³/mol. The minimum atomic E-state index is 0.583. The molecule has 2 aromatic heterocycles. The molecule has 0 fully saturated rings. The normalized spacial score (nSPS) is 11.3. The molecule has 222 valence electrons. The van der Waals surface area contributed by atoms with Gasteiger partial charge in [0.1, 0.15) is 6.07 Å². The number of aromatic nitrogens is 2. The Labute approximate surface area is 277 Å². The molecule has 0 radical (unpaired) electrons. The van der Waals surface area contributed by atoms with Gasteiger partial charge in [-0.1, -0.05) is 109 Å². The zero-order chi connectivity index (χ0) is 32.2. The summed E-state index contributed by atoms with van der Waals surface area (Å²) in [5, 5.41) is 15.5. The fourth-order valence-corrected chi connectivity index (χ4v) is 7.30. The molecule has 0 amide bonds. The van der Waals surface area contributed by atoms with Gasteiger partial charge in [-0.05, 0) is 65.0 Å². The van der Waals surface area contributed by atoms with E-state index < -0.39 is 0 Å². The molecule has 0 saturated heterocycles. The Morgan fingerprint density at radius 3 is 1.65 bits per heavy atom. The second kappa shape index (κ2) is 10.9. The van der Waals surface area contributed by atoms with E-state index in [1.165, 1.54) is 10.8 Å². The highest BCUT2D eigenvalue weighted by Crippen LogP contribution is 2.42. The van der Waals surface area contributed by atoms with Crippen LogP contribution in [0.25, 0.3) is 82.1 Å². The molecule has 0 unspecified atom stereocenters. The summed E-state index contributed by atoms with van der Waals surface area (Å²) in [7, 11) is 0. The topological polar surface area (TPSA) is 38.0 Å². The molecule has 0 spiro atoms. The fourth-order valence-electron chi connectivity index (χ4n) is 7.30. The van der Waals surface area contributed by atoms with E-state index in [1.54, 1.807) is 0 Å². The highest BCUT2D eigenvalue weighted by atomic mass is 15.0. The van der Waals surface area contributed by atoms with Gasteiger partial charge in [-0.2, -0.15) is 5.26 Å². The van der Waals surface area contributed by atoms with Crippen molar-refractivity contribution in [2.24, 2.45) is 0 Å². The molecule has 0 aliphatic carbocycles. The van der Waals surface area contributed by atoms with E-state index in [9.17, 15) is 5.26 Å². The van der Waals surface area contributed by atoms with Crippen molar-refractivity contribution in [3.05, 3.63) is 175 Å². The zero-order valence-corrected chi connectivity index (χ0v) is 25.8. The van der Waals surface area contributed by atoms with Gasteiger partial charge in [-0.25, -0.2) is 4.85 Å². The van der Waals surface area contributed by atoms with Crippen LogP contribution < -0.4 is 0 Å². The number of hydrogen-bond donors (Lipinski definition) is 0. The molecule has 48 heavy (non-hydrogen) atoms. The number of benzene rings is 7. The van der Waals surface area contributed by atoms with Gasteiger partial charge >= 0.3 is 0 Å². The average molecular weight is 611 g/mol. The number of nitriles is 1. The van der Waals surface area contributed by atoms with Gasteiger partial charge in [-0.3, -0.25) is 0 Å². The molecule has 0 N–H and O–H groups in total. The Morgan fingerprint density at radius 2 is 1.00 bits per heavy atom. The van der Waals surface area contributed by atoms with Crippen molar-refractivity contribution in [1.29, 1.82) is 5.26 Å². The Kier molecular flexibility index (Phi) is 6.22. The highest BCUT2D eigenvalue weighted by molar-refractivity contribution is 6.11. The van der Waals surface area contributed by atoms with Crippen molar-refractivity contribution >= 4 is 49.3 Å². The van der Waals surface area contributed by atoms with Gasteiger partial charge in [0.25, 0.3) is 0 Å². The first kappa shape index (κ1) is 27.4. The van der Waals surface area contributed by atoms with Crippen LogP contribution in [0, 0.1) is 17.9 Å². The summed E-state index contributed by atoms with van der Waals surface area (Å²) in [6.07, 6.45) is 0. The van der Waals surface area contributed by atoms with Crippen molar-refractivity contribution in [3.63, 3.8) is 0 Å². The second-order valence-electron chi connectivity index (χ2n) is 11.9. The summed E-state index contributed by atoms with van der Waals surface area (Å²) >= 11 is 0. The van der Waals surface area contributed by atoms with Crippen molar-refractivity contribution in [3.8, 4) is 39.7 Å². The summed E-state index contributed by atoms with van der Waals surface area (Å²) in [6, 6.07) is 56.7. The van der Waals surface area contributed by atoms with E-state index in [0.717, 1.165) is 66.5 Å². The maximum Gasteiger partial charge on any atom is 0.188 e. The van der Waals surface area contributed by atoms with Crippen molar-refractivity contribution in [1.82, 2.24) is 9.13 Å². The zero-order valence-electron chi connectivity index (χ0n) is 25.8. The molecule has 0 bridgehead atoms. The minimum Gasteiger partial charge on any atom is -0.309 e. The monoisotopic (exact) mass is 610 g/mol. The third-order valence-corrected chi connectivity index (χ3v) is 9.38. The highest BCUT2D eigenvalue weighted by Gasteiger charge is 2.22. The van der Waals surface area contributed by atoms with Crippen molar-refractivity contribution in [2.45, 2.75) is 0 Å².